The van der Waals surface area contributed by atoms with Gasteiger partial charge in [-0.05, 0) is 69.4 Å². The number of carbonyl (C=O) groups is 1. The molecule has 1 aromatic carbocycles. The second-order valence-electron chi connectivity index (χ2n) is 7.53. The number of amides is 1. The Morgan fingerprint density at radius 3 is 2.62 bits per heavy atom. The minimum Gasteiger partial charge on any atom is -0.443 e. The third-order valence-corrected chi connectivity index (χ3v) is 4.54. The summed E-state index contributed by atoms with van der Waals surface area (Å²) in [4.78, 5) is 18.5. The van der Waals surface area contributed by atoms with E-state index in [4.69, 9.17) is 4.74 Å². The maximum absolute atomic E-state index is 14.2. The fourth-order valence-corrected chi connectivity index (χ4v) is 3.01. The SMILES string of the molecule is CC(C)(C)OC(=O)N(Cc1cc(Br)ccc1F)c1ccc(C2CC2)cn1. The molecule has 0 atom stereocenters. The smallest absolute Gasteiger partial charge is 0.416 e. The van der Waals surface area contributed by atoms with Crippen molar-refractivity contribution in [3.05, 3.63) is 57.9 Å². The minimum atomic E-state index is -0.654. The highest BCUT2D eigenvalue weighted by Crippen LogP contribution is 2.40. The number of anilines is 1. The average molecular weight is 421 g/mol. The lowest BCUT2D eigenvalue weighted by Gasteiger charge is -2.27. The van der Waals surface area contributed by atoms with E-state index in [0.717, 1.165) is 4.47 Å². The number of hydrogen-bond donors (Lipinski definition) is 0. The van der Waals surface area contributed by atoms with Crippen LogP contribution in [0.5, 0.6) is 0 Å². The molecule has 0 aliphatic heterocycles. The van der Waals surface area contributed by atoms with Crippen LogP contribution in [0.3, 0.4) is 0 Å². The van der Waals surface area contributed by atoms with E-state index in [0.29, 0.717) is 17.3 Å². The van der Waals surface area contributed by atoms with Gasteiger partial charge in [0.05, 0.1) is 6.54 Å². The summed E-state index contributed by atoms with van der Waals surface area (Å²) in [6.45, 7) is 5.43. The Kier molecular flexibility index (Phi) is 5.32. The lowest BCUT2D eigenvalue weighted by molar-refractivity contribution is 0.0576. The first-order valence-electron chi connectivity index (χ1n) is 8.63. The topological polar surface area (TPSA) is 42.4 Å². The number of ether oxygens (including phenoxy) is 1. The van der Waals surface area contributed by atoms with Gasteiger partial charge in [0.25, 0.3) is 0 Å². The lowest BCUT2D eigenvalue weighted by Crippen LogP contribution is -2.37. The van der Waals surface area contributed by atoms with Gasteiger partial charge in [-0.2, -0.15) is 0 Å². The van der Waals surface area contributed by atoms with Gasteiger partial charge in [-0.25, -0.2) is 14.2 Å². The van der Waals surface area contributed by atoms with E-state index in [1.54, 1.807) is 45.2 Å². The molecule has 4 nitrogen and oxygen atoms in total. The third-order valence-electron chi connectivity index (χ3n) is 4.05. The molecule has 0 saturated heterocycles. The van der Waals surface area contributed by atoms with Gasteiger partial charge in [-0.1, -0.05) is 22.0 Å². The van der Waals surface area contributed by atoms with Gasteiger partial charge in [0.1, 0.15) is 17.2 Å². The molecule has 138 valence electrons. The van der Waals surface area contributed by atoms with Crippen molar-refractivity contribution in [1.82, 2.24) is 4.98 Å². The summed E-state index contributed by atoms with van der Waals surface area (Å²) in [6, 6.07) is 8.43. The molecule has 0 N–H and O–H groups in total. The van der Waals surface area contributed by atoms with E-state index in [1.165, 1.54) is 29.4 Å². The fourth-order valence-electron chi connectivity index (χ4n) is 2.61. The maximum Gasteiger partial charge on any atom is 0.416 e. The Balaban J connectivity index is 1.90. The predicted octanol–water partition coefficient (Wildman–Crippen LogP) is 5.80. The molecule has 2 aromatic rings. The first-order chi connectivity index (χ1) is 12.2. The lowest BCUT2D eigenvalue weighted by atomic mass is 10.1. The van der Waals surface area contributed by atoms with Crippen LogP contribution in [0.15, 0.2) is 41.0 Å². The van der Waals surface area contributed by atoms with Crippen LogP contribution < -0.4 is 4.90 Å². The summed E-state index contributed by atoms with van der Waals surface area (Å²) in [5, 5.41) is 0. The molecular formula is C20H22BrFN2O2. The average Bonchev–Trinajstić information content (AvgIpc) is 3.39. The third kappa shape index (κ3) is 4.81. The number of rotatable bonds is 4. The number of aromatic nitrogens is 1. The Morgan fingerprint density at radius 1 is 1.31 bits per heavy atom. The van der Waals surface area contributed by atoms with Crippen LogP contribution in [0.2, 0.25) is 0 Å². The first-order valence-corrected chi connectivity index (χ1v) is 9.42. The standard InChI is InChI=1S/C20H22BrFN2O2/c1-20(2,3)26-19(25)24(12-15-10-16(21)7-8-17(15)22)18-9-6-14(11-23-18)13-4-5-13/h6-11,13H,4-5,12H2,1-3H3. The molecule has 1 amide bonds. The minimum absolute atomic E-state index is 0.0377. The second kappa shape index (κ2) is 7.35. The number of pyridine rings is 1. The van der Waals surface area contributed by atoms with Gasteiger partial charge in [0.15, 0.2) is 0 Å². The molecule has 1 aromatic heterocycles. The summed E-state index contributed by atoms with van der Waals surface area (Å²) in [7, 11) is 0. The molecule has 0 unspecified atom stereocenters. The van der Waals surface area contributed by atoms with Gasteiger partial charge in [-0.3, -0.25) is 4.90 Å². The van der Waals surface area contributed by atoms with Crippen molar-refractivity contribution >= 4 is 27.8 Å². The molecule has 1 aliphatic carbocycles. The quantitative estimate of drug-likeness (QED) is 0.627. The monoisotopic (exact) mass is 420 g/mol. The predicted molar refractivity (Wildman–Crippen MR) is 103 cm³/mol. The zero-order valence-corrected chi connectivity index (χ0v) is 16.7. The van der Waals surface area contributed by atoms with Crippen LogP contribution in [-0.2, 0) is 11.3 Å². The summed E-state index contributed by atoms with van der Waals surface area (Å²) in [5.41, 5.74) is 0.906. The number of nitrogens with zero attached hydrogens (tertiary/aromatic N) is 2. The second-order valence-corrected chi connectivity index (χ2v) is 8.44. The van der Waals surface area contributed by atoms with E-state index in [2.05, 4.69) is 20.9 Å². The number of carbonyl (C=O) groups excluding carboxylic acids is 1. The molecule has 1 saturated carbocycles. The number of halogens is 2. The van der Waals surface area contributed by atoms with Crippen molar-refractivity contribution in [2.75, 3.05) is 4.90 Å². The zero-order valence-electron chi connectivity index (χ0n) is 15.1. The van der Waals surface area contributed by atoms with Crippen LogP contribution in [-0.4, -0.2) is 16.7 Å². The molecule has 0 bridgehead atoms. The Morgan fingerprint density at radius 2 is 2.04 bits per heavy atom. The Hall–Kier alpha value is -1.95. The van der Waals surface area contributed by atoms with Crippen LogP contribution in [0.4, 0.5) is 15.0 Å². The van der Waals surface area contributed by atoms with Gasteiger partial charge >= 0.3 is 6.09 Å². The highest BCUT2D eigenvalue weighted by atomic mass is 79.9. The van der Waals surface area contributed by atoms with E-state index in [9.17, 15) is 9.18 Å². The van der Waals surface area contributed by atoms with Gasteiger partial charge < -0.3 is 4.74 Å². The number of hydrogen-bond acceptors (Lipinski definition) is 3. The highest BCUT2D eigenvalue weighted by molar-refractivity contribution is 9.10. The maximum atomic E-state index is 14.2. The fraction of sp³-hybridized carbons (Fsp3) is 0.400. The van der Waals surface area contributed by atoms with E-state index < -0.39 is 11.7 Å². The molecule has 1 heterocycles. The Labute approximate surface area is 161 Å². The molecule has 3 rings (SSSR count). The molecule has 0 radical (unpaired) electrons. The summed E-state index contributed by atoms with van der Waals surface area (Å²) in [5.74, 6) is 0.647. The van der Waals surface area contributed by atoms with Crippen molar-refractivity contribution in [2.24, 2.45) is 0 Å². The van der Waals surface area contributed by atoms with E-state index in [-0.39, 0.29) is 12.4 Å². The summed E-state index contributed by atoms with van der Waals surface area (Å²) in [6.07, 6.45) is 3.60. The van der Waals surface area contributed by atoms with Crippen molar-refractivity contribution in [3.63, 3.8) is 0 Å². The van der Waals surface area contributed by atoms with Crippen molar-refractivity contribution in [1.29, 1.82) is 0 Å². The summed E-state index contributed by atoms with van der Waals surface area (Å²) < 4.78 is 20.5. The van der Waals surface area contributed by atoms with Crippen molar-refractivity contribution in [2.45, 2.75) is 51.7 Å². The molecule has 1 fully saturated rings. The largest absolute Gasteiger partial charge is 0.443 e. The van der Waals surface area contributed by atoms with Crippen molar-refractivity contribution in [3.8, 4) is 0 Å². The van der Waals surface area contributed by atoms with Crippen LogP contribution in [0.1, 0.15) is 50.7 Å². The molecular weight excluding hydrogens is 399 g/mol. The van der Waals surface area contributed by atoms with Gasteiger partial charge in [0, 0.05) is 16.2 Å². The summed E-state index contributed by atoms with van der Waals surface area (Å²) >= 11 is 3.34. The Bertz CT molecular complexity index is 798. The molecule has 1 aliphatic rings. The van der Waals surface area contributed by atoms with E-state index >= 15 is 0 Å². The zero-order chi connectivity index (χ0) is 18.9. The van der Waals surface area contributed by atoms with Gasteiger partial charge in [0.2, 0.25) is 0 Å². The van der Waals surface area contributed by atoms with Crippen molar-refractivity contribution < 1.29 is 13.9 Å². The van der Waals surface area contributed by atoms with Gasteiger partial charge in [-0.15, -0.1) is 0 Å². The first kappa shape index (κ1) is 18.8. The number of benzene rings is 1. The normalized spacial score (nSPS) is 14.2. The van der Waals surface area contributed by atoms with Crippen LogP contribution in [0, 0.1) is 5.82 Å². The van der Waals surface area contributed by atoms with E-state index in [1.807, 2.05) is 6.07 Å². The van der Waals surface area contributed by atoms with Crippen LogP contribution in [0.25, 0.3) is 0 Å². The van der Waals surface area contributed by atoms with Crippen LogP contribution >= 0.6 is 15.9 Å². The molecule has 26 heavy (non-hydrogen) atoms. The molecule has 0 spiro atoms. The highest BCUT2D eigenvalue weighted by Gasteiger charge is 2.27. The molecule has 6 heteroatoms.